The van der Waals surface area contributed by atoms with Gasteiger partial charge in [-0.1, -0.05) is 54.6 Å². The molecule has 0 aliphatic rings. The predicted octanol–water partition coefficient (Wildman–Crippen LogP) is 4.14. The van der Waals surface area contributed by atoms with Crippen molar-refractivity contribution in [1.82, 2.24) is 10.2 Å². The van der Waals surface area contributed by atoms with Crippen molar-refractivity contribution < 1.29 is 22.7 Å². The number of ether oxygens (including phenoxy) is 1. The summed E-state index contributed by atoms with van der Waals surface area (Å²) in [6, 6.07) is 21.4. The lowest BCUT2D eigenvalue weighted by atomic mass is 10.1. The van der Waals surface area contributed by atoms with Crippen molar-refractivity contribution in [3.05, 3.63) is 90.0 Å². The average molecular weight is 538 g/mol. The van der Waals surface area contributed by atoms with E-state index in [1.165, 1.54) is 17.0 Å². The molecule has 8 nitrogen and oxygen atoms in total. The second-order valence-electron chi connectivity index (χ2n) is 8.74. The predicted molar refractivity (Wildman–Crippen MR) is 148 cm³/mol. The van der Waals surface area contributed by atoms with Gasteiger partial charge in [-0.05, 0) is 63.1 Å². The molecule has 9 heteroatoms. The van der Waals surface area contributed by atoms with Crippen molar-refractivity contribution in [2.75, 3.05) is 24.0 Å². The first kappa shape index (κ1) is 28.7. The van der Waals surface area contributed by atoms with Crippen LogP contribution in [0.1, 0.15) is 31.9 Å². The second-order valence-corrected chi connectivity index (χ2v) is 10.6. The largest absolute Gasteiger partial charge is 0.492 e. The lowest BCUT2D eigenvalue weighted by Crippen LogP contribution is -2.51. The SMILES string of the molecule is CCNC(=O)[C@@H](C)N(Cc1ccccc1C)C(=O)CN(c1ccccc1OCC)S(=O)(=O)c1ccccc1. The Hall–Kier alpha value is -3.85. The maximum atomic E-state index is 13.9. The van der Waals surface area contributed by atoms with E-state index in [1.54, 1.807) is 63.2 Å². The first-order valence-corrected chi connectivity index (χ1v) is 14.1. The molecular weight excluding hydrogens is 502 g/mol. The highest BCUT2D eigenvalue weighted by Gasteiger charge is 2.33. The summed E-state index contributed by atoms with van der Waals surface area (Å²) in [5.41, 5.74) is 2.07. The van der Waals surface area contributed by atoms with Crippen LogP contribution in [-0.2, 0) is 26.2 Å². The third kappa shape index (κ3) is 6.72. The molecule has 0 fully saturated rings. The Morgan fingerprint density at radius 1 is 0.921 bits per heavy atom. The van der Waals surface area contributed by atoms with Gasteiger partial charge in [0, 0.05) is 13.1 Å². The zero-order valence-corrected chi connectivity index (χ0v) is 23.1. The number of likely N-dealkylation sites (N-methyl/N-ethyl adjacent to an activating group) is 1. The van der Waals surface area contributed by atoms with E-state index in [9.17, 15) is 18.0 Å². The van der Waals surface area contributed by atoms with Gasteiger partial charge in [-0.15, -0.1) is 0 Å². The molecule has 1 atom stereocenters. The Balaban J connectivity index is 2.08. The van der Waals surface area contributed by atoms with Gasteiger partial charge in [-0.25, -0.2) is 8.42 Å². The van der Waals surface area contributed by atoms with Crippen LogP contribution in [0.5, 0.6) is 5.75 Å². The van der Waals surface area contributed by atoms with Crippen LogP contribution in [-0.4, -0.2) is 50.9 Å². The molecule has 3 aromatic carbocycles. The molecule has 0 saturated carbocycles. The molecule has 0 aliphatic heterocycles. The van der Waals surface area contributed by atoms with Crippen LogP contribution in [0.3, 0.4) is 0 Å². The number of carbonyl (C=O) groups excluding carboxylic acids is 2. The average Bonchev–Trinajstić information content (AvgIpc) is 2.92. The van der Waals surface area contributed by atoms with Gasteiger partial charge in [0.2, 0.25) is 11.8 Å². The number of nitrogens with one attached hydrogen (secondary N) is 1. The zero-order chi connectivity index (χ0) is 27.7. The maximum Gasteiger partial charge on any atom is 0.264 e. The maximum absolute atomic E-state index is 13.9. The van der Waals surface area contributed by atoms with Gasteiger partial charge in [0.05, 0.1) is 17.2 Å². The minimum Gasteiger partial charge on any atom is -0.492 e. The third-order valence-electron chi connectivity index (χ3n) is 6.16. The number of benzene rings is 3. The molecule has 38 heavy (non-hydrogen) atoms. The summed E-state index contributed by atoms with van der Waals surface area (Å²) in [5, 5.41) is 2.76. The van der Waals surface area contributed by atoms with E-state index in [4.69, 9.17) is 4.74 Å². The fourth-order valence-corrected chi connectivity index (χ4v) is 5.50. The molecule has 2 amide bonds. The van der Waals surface area contributed by atoms with E-state index in [0.717, 1.165) is 15.4 Å². The molecule has 1 N–H and O–H groups in total. The minimum atomic E-state index is -4.16. The Morgan fingerprint density at radius 2 is 1.55 bits per heavy atom. The molecule has 3 rings (SSSR count). The lowest BCUT2D eigenvalue weighted by molar-refractivity contribution is -0.139. The molecule has 0 aliphatic carbocycles. The molecule has 0 unspecified atom stereocenters. The zero-order valence-electron chi connectivity index (χ0n) is 22.3. The van der Waals surface area contributed by atoms with Gasteiger partial charge in [0.1, 0.15) is 18.3 Å². The topological polar surface area (TPSA) is 96.0 Å². The van der Waals surface area contributed by atoms with Gasteiger partial charge in [-0.2, -0.15) is 0 Å². The fraction of sp³-hybridized carbons (Fsp3) is 0.310. The number of aryl methyl sites for hydroxylation is 1. The number of amides is 2. The number of sulfonamides is 1. The normalized spacial score (nSPS) is 11.9. The lowest BCUT2D eigenvalue weighted by Gasteiger charge is -2.32. The van der Waals surface area contributed by atoms with Crippen LogP contribution >= 0.6 is 0 Å². The van der Waals surface area contributed by atoms with Crippen molar-refractivity contribution in [2.24, 2.45) is 0 Å². The van der Waals surface area contributed by atoms with Crippen molar-refractivity contribution in [2.45, 2.75) is 45.2 Å². The van der Waals surface area contributed by atoms with Gasteiger partial charge in [0.25, 0.3) is 10.0 Å². The van der Waals surface area contributed by atoms with Crippen molar-refractivity contribution in [3.8, 4) is 5.75 Å². The van der Waals surface area contributed by atoms with Crippen LogP contribution in [0.25, 0.3) is 0 Å². The van der Waals surface area contributed by atoms with Crippen LogP contribution in [0.4, 0.5) is 5.69 Å². The molecule has 3 aromatic rings. The second kappa shape index (κ2) is 13.1. The minimum absolute atomic E-state index is 0.0429. The molecule has 0 saturated heterocycles. The summed E-state index contributed by atoms with van der Waals surface area (Å²) in [4.78, 5) is 28.2. The third-order valence-corrected chi connectivity index (χ3v) is 7.94. The van der Waals surface area contributed by atoms with E-state index < -0.39 is 28.5 Å². The standard InChI is InChI=1S/C29H35N3O5S/c1-5-30-29(34)23(4)31(20-24-15-11-10-14-22(24)3)28(33)21-32(26-18-12-13-19-27(26)37-6-2)38(35,36)25-16-8-7-9-17-25/h7-19,23H,5-6,20-21H2,1-4H3,(H,30,34)/t23-/m1/s1. The van der Waals surface area contributed by atoms with Crippen LogP contribution in [0.2, 0.25) is 0 Å². The highest BCUT2D eigenvalue weighted by atomic mass is 32.2. The van der Waals surface area contributed by atoms with Crippen molar-refractivity contribution in [3.63, 3.8) is 0 Å². The monoisotopic (exact) mass is 537 g/mol. The number of anilines is 1. The summed E-state index contributed by atoms with van der Waals surface area (Å²) >= 11 is 0. The molecule has 0 aromatic heterocycles. The number of hydrogen-bond acceptors (Lipinski definition) is 5. The van der Waals surface area contributed by atoms with Crippen LogP contribution in [0, 0.1) is 6.92 Å². The fourth-order valence-electron chi connectivity index (χ4n) is 4.05. The van der Waals surface area contributed by atoms with Crippen molar-refractivity contribution >= 4 is 27.5 Å². The van der Waals surface area contributed by atoms with Gasteiger partial charge >= 0.3 is 0 Å². The Kier molecular flexibility index (Phi) is 9.90. The smallest absolute Gasteiger partial charge is 0.264 e. The van der Waals surface area contributed by atoms with Crippen molar-refractivity contribution in [1.29, 1.82) is 0 Å². The van der Waals surface area contributed by atoms with Crippen LogP contribution in [0.15, 0.2) is 83.8 Å². The summed E-state index contributed by atoms with van der Waals surface area (Å²) in [5.74, 6) is -0.496. The van der Waals surface area contributed by atoms with E-state index in [1.807, 2.05) is 31.2 Å². The molecule has 202 valence electrons. The van der Waals surface area contributed by atoms with Gasteiger partial charge < -0.3 is 15.0 Å². The Bertz CT molecular complexity index is 1350. The Labute approximate surface area is 225 Å². The van der Waals surface area contributed by atoms with E-state index >= 15 is 0 Å². The van der Waals surface area contributed by atoms with E-state index in [0.29, 0.717) is 18.9 Å². The van der Waals surface area contributed by atoms with E-state index in [2.05, 4.69) is 5.32 Å². The first-order chi connectivity index (χ1) is 18.2. The summed E-state index contributed by atoms with van der Waals surface area (Å²) < 4.78 is 34.6. The highest BCUT2D eigenvalue weighted by molar-refractivity contribution is 7.92. The summed E-state index contributed by atoms with van der Waals surface area (Å²) in [6.07, 6.45) is 0. The first-order valence-electron chi connectivity index (χ1n) is 12.6. The van der Waals surface area contributed by atoms with E-state index in [-0.39, 0.29) is 23.0 Å². The molecule has 0 radical (unpaired) electrons. The Morgan fingerprint density at radius 3 is 2.21 bits per heavy atom. The van der Waals surface area contributed by atoms with Gasteiger partial charge in [-0.3, -0.25) is 13.9 Å². The summed E-state index contributed by atoms with van der Waals surface area (Å²) in [6.45, 7) is 7.54. The number of carbonyl (C=O) groups is 2. The number of hydrogen-bond donors (Lipinski definition) is 1. The highest BCUT2D eigenvalue weighted by Crippen LogP contribution is 2.32. The summed E-state index contributed by atoms with van der Waals surface area (Å²) in [7, 11) is -4.16. The quantitative estimate of drug-likeness (QED) is 0.375. The van der Waals surface area contributed by atoms with Gasteiger partial charge in [0.15, 0.2) is 0 Å². The number of rotatable bonds is 12. The molecule has 0 spiro atoms. The molecule has 0 bridgehead atoms. The number of para-hydroxylation sites is 2. The number of nitrogens with zero attached hydrogens (tertiary/aromatic N) is 2. The molecular formula is C29H35N3O5S. The molecule has 0 heterocycles. The van der Waals surface area contributed by atoms with Crippen LogP contribution < -0.4 is 14.4 Å².